The van der Waals surface area contributed by atoms with Crippen LogP contribution in [-0.2, 0) is 6.42 Å². The Balaban J connectivity index is 1.94. The molecule has 0 amide bonds. The van der Waals surface area contributed by atoms with E-state index in [0.717, 1.165) is 17.8 Å². The fourth-order valence-electron chi connectivity index (χ4n) is 1.53. The lowest BCUT2D eigenvalue weighted by molar-refractivity contribution is -0.383. The molecule has 2 aromatic rings. The van der Waals surface area contributed by atoms with Crippen LogP contribution < -0.4 is 11.1 Å². The van der Waals surface area contributed by atoms with E-state index >= 15 is 0 Å². The van der Waals surface area contributed by atoms with Crippen molar-refractivity contribution in [2.75, 3.05) is 17.6 Å². The average Bonchev–Trinajstić information content (AvgIpc) is 2.81. The predicted octanol–water partition coefficient (Wildman–Crippen LogP) is 2.29. The van der Waals surface area contributed by atoms with E-state index in [9.17, 15) is 10.1 Å². The minimum absolute atomic E-state index is 0.0694. The first kappa shape index (κ1) is 12.3. The number of thiazole rings is 1. The smallest absolute Gasteiger partial charge is 0.292 e. The number of aromatic nitrogens is 1. The largest absolute Gasteiger partial charge is 0.393 e. The van der Waals surface area contributed by atoms with Crippen LogP contribution in [0.15, 0.2) is 29.1 Å². The number of rotatable bonds is 5. The van der Waals surface area contributed by atoms with E-state index in [4.69, 9.17) is 5.73 Å². The van der Waals surface area contributed by atoms with E-state index in [1.165, 1.54) is 6.07 Å². The van der Waals surface area contributed by atoms with Crippen molar-refractivity contribution < 1.29 is 4.92 Å². The lowest BCUT2D eigenvalue weighted by Crippen LogP contribution is -2.06. The van der Waals surface area contributed by atoms with E-state index in [-0.39, 0.29) is 11.4 Å². The highest BCUT2D eigenvalue weighted by molar-refractivity contribution is 7.07. The van der Waals surface area contributed by atoms with Gasteiger partial charge < -0.3 is 11.1 Å². The van der Waals surface area contributed by atoms with Crippen molar-refractivity contribution in [1.29, 1.82) is 0 Å². The van der Waals surface area contributed by atoms with Gasteiger partial charge in [0.05, 0.1) is 16.1 Å². The van der Waals surface area contributed by atoms with Crippen LogP contribution in [0.4, 0.5) is 17.1 Å². The van der Waals surface area contributed by atoms with Crippen molar-refractivity contribution >= 4 is 28.4 Å². The number of anilines is 2. The Labute approximate surface area is 108 Å². The van der Waals surface area contributed by atoms with Crippen LogP contribution >= 0.6 is 11.3 Å². The molecule has 0 aliphatic rings. The van der Waals surface area contributed by atoms with Crippen LogP contribution in [0.3, 0.4) is 0 Å². The molecule has 0 spiro atoms. The first-order chi connectivity index (χ1) is 8.66. The first-order valence-corrected chi connectivity index (χ1v) is 6.26. The second-order valence-corrected chi connectivity index (χ2v) is 4.41. The summed E-state index contributed by atoms with van der Waals surface area (Å²) >= 11 is 1.56. The molecule has 0 fully saturated rings. The maximum absolute atomic E-state index is 10.6. The molecule has 1 aromatic heterocycles. The molecule has 0 aliphatic carbocycles. The third-order valence-corrected chi connectivity index (χ3v) is 3.05. The van der Waals surface area contributed by atoms with Gasteiger partial charge in [0.1, 0.15) is 5.69 Å². The second kappa shape index (κ2) is 5.46. The van der Waals surface area contributed by atoms with Crippen molar-refractivity contribution in [2.45, 2.75) is 6.42 Å². The fourth-order valence-corrected chi connectivity index (χ4v) is 2.12. The van der Waals surface area contributed by atoms with Gasteiger partial charge in [0, 0.05) is 30.1 Å². The van der Waals surface area contributed by atoms with Crippen molar-refractivity contribution in [3.05, 3.63) is 44.9 Å². The number of nitrogens with zero attached hydrogens (tertiary/aromatic N) is 2. The van der Waals surface area contributed by atoms with E-state index in [1.807, 2.05) is 5.38 Å². The SMILES string of the molecule is Nc1cc(NCCc2cscn2)ccc1[N+](=O)[O-]. The molecule has 0 unspecified atom stereocenters. The number of hydrogen-bond donors (Lipinski definition) is 2. The zero-order valence-corrected chi connectivity index (χ0v) is 10.3. The van der Waals surface area contributed by atoms with Crippen molar-refractivity contribution in [3.8, 4) is 0 Å². The Morgan fingerprint density at radius 3 is 2.94 bits per heavy atom. The molecule has 0 aliphatic heterocycles. The summed E-state index contributed by atoms with van der Waals surface area (Å²) in [5, 5.41) is 15.7. The van der Waals surface area contributed by atoms with Gasteiger partial charge in [-0.25, -0.2) is 4.98 Å². The Bertz CT molecular complexity index is 542. The van der Waals surface area contributed by atoms with Crippen LogP contribution in [0, 0.1) is 10.1 Å². The Hall–Kier alpha value is -2.15. The number of nitro benzene ring substituents is 1. The molecule has 3 N–H and O–H groups in total. The van der Waals surface area contributed by atoms with Gasteiger partial charge >= 0.3 is 0 Å². The van der Waals surface area contributed by atoms with E-state index in [1.54, 1.807) is 29.0 Å². The molecule has 6 nitrogen and oxygen atoms in total. The summed E-state index contributed by atoms with van der Waals surface area (Å²) < 4.78 is 0. The first-order valence-electron chi connectivity index (χ1n) is 5.31. The third kappa shape index (κ3) is 2.95. The Kier molecular flexibility index (Phi) is 3.73. The molecule has 0 saturated carbocycles. The number of nitrogen functional groups attached to an aromatic ring is 1. The van der Waals surface area contributed by atoms with Crippen LogP contribution in [0.5, 0.6) is 0 Å². The van der Waals surface area contributed by atoms with Gasteiger partial charge in [-0.1, -0.05) is 0 Å². The normalized spacial score (nSPS) is 10.2. The molecule has 0 atom stereocenters. The third-order valence-electron chi connectivity index (χ3n) is 2.42. The van der Waals surface area contributed by atoms with Crippen LogP contribution in [-0.4, -0.2) is 16.5 Å². The van der Waals surface area contributed by atoms with Gasteiger partial charge in [-0.15, -0.1) is 11.3 Å². The highest BCUT2D eigenvalue weighted by Gasteiger charge is 2.10. The lowest BCUT2D eigenvalue weighted by Gasteiger charge is -2.06. The van der Waals surface area contributed by atoms with Gasteiger partial charge in [-0.05, 0) is 12.1 Å². The molecule has 0 bridgehead atoms. The summed E-state index contributed by atoms with van der Waals surface area (Å²) in [7, 11) is 0. The molecular weight excluding hydrogens is 252 g/mol. The summed E-state index contributed by atoms with van der Waals surface area (Å²) in [4.78, 5) is 14.3. The highest BCUT2D eigenvalue weighted by atomic mass is 32.1. The zero-order valence-electron chi connectivity index (χ0n) is 9.50. The van der Waals surface area contributed by atoms with E-state index < -0.39 is 4.92 Å². The van der Waals surface area contributed by atoms with Crippen molar-refractivity contribution in [1.82, 2.24) is 4.98 Å². The Morgan fingerprint density at radius 2 is 2.33 bits per heavy atom. The summed E-state index contributed by atoms with van der Waals surface area (Å²) in [6.07, 6.45) is 0.806. The van der Waals surface area contributed by atoms with Gasteiger partial charge in [0.25, 0.3) is 5.69 Å². The monoisotopic (exact) mass is 264 g/mol. The van der Waals surface area contributed by atoms with E-state index in [2.05, 4.69) is 10.3 Å². The minimum atomic E-state index is -0.492. The number of hydrogen-bond acceptors (Lipinski definition) is 6. The Morgan fingerprint density at radius 1 is 1.50 bits per heavy atom. The standard InChI is InChI=1S/C11H12N4O2S/c12-10-5-8(1-2-11(10)15(16)17)13-4-3-9-6-18-7-14-9/h1-2,5-7,13H,3-4,12H2. The molecule has 18 heavy (non-hydrogen) atoms. The van der Waals surface area contributed by atoms with E-state index in [0.29, 0.717) is 6.54 Å². The molecule has 94 valence electrons. The number of nitrogens with one attached hydrogen (secondary N) is 1. The zero-order chi connectivity index (χ0) is 13.0. The molecule has 1 heterocycles. The maximum Gasteiger partial charge on any atom is 0.292 e. The number of nitro groups is 1. The molecule has 2 rings (SSSR count). The highest BCUT2D eigenvalue weighted by Crippen LogP contribution is 2.24. The number of nitrogens with two attached hydrogens (primary N) is 1. The molecule has 0 radical (unpaired) electrons. The quantitative estimate of drug-likeness (QED) is 0.491. The van der Waals surface area contributed by atoms with Gasteiger partial charge in [0.15, 0.2) is 0 Å². The van der Waals surface area contributed by atoms with Gasteiger partial charge in [-0.2, -0.15) is 0 Å². The minimum Gasteiger partial charge on any atom is -0.393 e. The predicted molar refractivity (Wildman–Crippen MR) is 71.8 cm³/mol. The summed E-state index contributed by atoms with van der Waals surface area (Å²) in [5.74, 6) is 0. The van der Waals surface area contributed by atoms with Crippen LogP contribution in [0.2, 0.25) is 0 Å². The fraction of sp³-hybridized carbons (Fsp3) is 0.182. The van der Waals surface area contributed by atoms with Crippen molar-refractivity contribution in [3.63, 3.8) is 0 Å². The van der Waals surface area contributed by atoms with Crippen LogP contribution in [0.1, 0.15) is 5.69 Å². The molecule has 1 aromatic carbocycles. The topological polar surface area (TPSA) is 94.1 Å². The molecular formula is C11H12N4O2S. The summed E-state index contributed by atoms with van der Waals surface area (Å²) in [6.45, 7) is 0.709. The average molecular weight is 264 g/mol. The second-order valence-electron chi connectivity index (χ2n) is 3.69. The van der Waals surface area contributed by atoms with Crippen molar-refractivity contribution in [2.24, 2.45) is 0 Å². The molecule has 7 heteroatoms. The van der Waals surface area contributed by atoms with Gasteiger partial charge in [0.2, 0.25) is 0 Å². The lowest BCUT2D eigenvalue weighted by atomic mass is 10.2. The maximum atomic E-state index is 10.6. The number of benzene rings is 1. The van der Waals surface area contributed by atoms with Gasteiger partial charge in [-0.3, -0.25) is 10.1 Å². The van der Waals surface area contributed by atoms with Crippen LogP contribution in [0.25, 0.3) is 0 Å². The summed E-state index contributed by atoms with van der Waals surface area (Å²) in [5.41, 5.74) is 9.28. The molecule has 0 saturated heterocycles. The summed E-state index contributed by atoms with van der Waals surface area (Å²) in [6, 6.07) is 4.62.